The average Bonchev–Trinajstić information content (AvgIpc) is 2.98. The van der Waals surface area contributed by atoms with Gasteiger partial charge in [-0.05, 0) is 0 Å². The molecule has 0 saturated carbocycles. The molecule has 2 rings (SSSR count). The van der Waals surface area contributed by atoms with Gasteiger partial charge in [-0.15, -0.1) is 0 Å². The molecule has 0 radical (unpaired) electrons. The molecule has 10 heteroatoms. The molecule has 0 aromatic carbocycles. The Balaban J connectivity index is 2.16. The van der Waals surface area contributed by atoms with Crippen LogP contribution in [0.2, 0.25) is 0 Å². The smallest absolute Gasteiger partial charge is 0.293 e. The summed E-state index contributed by atoms with van der Waals surface area (Å²) in [5, 5.41) is 44.2. The van der Waals surface area contributed by atoms with Crippen LogP contribution in [0.5, 0.6) is 0 Å². The molecule has 0 spiro atoms. The number of H-pyrrole nitrogens is 1. The number of carbonyl (C=O) groups excluding carboxylic acids is 1. The number of hydrogen-bond acceptors (Lipinski definition) is 8. The highest BCUT2D eigenvalue weighted by Crippen LogP contribution is 2.23. The van der Waals surface area contributed by atoms with Gasteiger partial charge in [-0.25, -0.2) is 4.98 Å². The Kier molecular flexibility index (Phi) is 4.30. The van der Waals surface area contributed by atoms with Crippen molar-refractivity contribution in [1.82, 2.24) is 20.1 Å². The second kappa shape index (κ2) is 5.81. The van der Waals surface area contributed by atoms with Gasteiger partial charge >= 0.3 is 0 Å². The third kappa shape index (κ3) is 2.51. The number of likely N-dealkylation sites (N-methyl/N-ethyl adjacent to an activating group) is 1. The fourth-order valence-electron chi connectivity index (χ4n) is 1.99. The van der Waals surface area contributed by atoms with E-state index in [0.717, 1.165) is 11.2 Å². The first-order valence-corrected chi connectivity index (χ1v) is 5.90. The zero-order chi connectivity index (χ0) is 14.9. The van der Waals surface area contributed by atoms with Crippen molar-refractivity contribution in [1.29, 1.82) is 0 Å². The van der Waals surface area contributed by atoms with E-state index in [4.69, 9.17) is 9.84 Å². The Labute approximate surface area is 113 Å². The van der Waals surface area contributed by atoms with Gasteiger partial charge in [-0.2, -0.15) is 5.10 Å². The normalized spacial score (nSPS) is 34.0. The summed E-state index contributed by atoms with van der Waals surface area (Å²) in [6.45, 7) is -0.564. The molecule has 1 aromatic rings. The summed E-state index contributed by atoms with van der Waals surface area (Å²) >= 11 is 0. The first-order valence-electron chi connectivity index (χ1n) is 5.90. The molecule has 1 aliphatic heterocycles. The Morgan fingerprint density at radius 2 is 2.10 bits per heavy atom. The van der Waals surface area contributed by atoms with Crippen molar-refractivity contribution in [3.8, 4) is 0 Å². The minimum atomic E-state index is -1.55. The van der Waals surface area contributed by atoms with Gasteiger partial charge in [0.05, 0.1) is 6.61 Å². The van der Waals surface area contributed by atoms with E-state index in [1.165, 1.54) is 7.05 Å². The topological polar surface area (TPSA) is 152 Å². The van der Waals surface area contributed by atoms with Crippen molar-refractivity contribution in [2.24, 2.45) is 0 Å². The molecule has 1 saturated heterocycles. The van der Waals surface area contributed by atoms with Crippen LogP contribution in [0, 0.1) is 0 Å². The molecule has 0 unspecified atom stereocenters. The van der Waals surface area contributed by atoms with Gasteiger partial charge in [-0.1, -0.05) is 0 Å². The molecule has 1 aliphatic rings. The highest BCUT2D eigenvalue weighted by Gasteiger charge is 2.46. The minimum absolute atomic E-state index is 0.0653. The first-order chi connectivity index (χ1) is 9.47. The second-order valence-corrected chi connectivity index (χ2v) is 4.47. The maximum absolute atomic E-state index is 12.0. The van der Waals surface area contributed by atoms with Crippen LogP contribution in [0.3, 0.4) is 0 Å². The molecule has 0 bridgehead atoms. The quantitative estimate of drug-likeness (QED) is 0.387. The second-order valence-electron chi connectivity index (χ2n) is 4.47. The van der Waals surface area contributed by atoms with Gasteiger partial charge in [0.15, 0.2) is 6.23 Å². The third-order valence-corrected chi connectivity index (χ3v) is 3.19. The third-order valence-electron chi connectivity index (χ3n) is 3.19. The number of amides is 1. The zero-order valence-corrected chi connectivity index (χ0v) is 10.6. The fraction of sp³-hybridized carbons (Fsp3) is 0.700. The average molecular weight is 288 g/mol. The molecule has 5 atom stereocenters. The number of carbonyl (C=O) groups is 1. The number of nitrogens with one attached hydrogen (secondary N) is 1. The maximum Gasteiger partial charge on any atom is 0.293 e. The van der Waals surface area contributed by atoms with Crippen molar-refractivity contribution >= 4 is 5.91 Å². The van der Waals surface area contributed by atoms with Crippen LogP contribution >= 0.6 is 0 Å². The fourth-order valence-corrected chi connectivity index (χ4v) is 1.99. The largest absolute Gasteiger partial charge is 0.394 e. The number of hydrogen-bond donors (Lipinski definition) is 5. The summed E-state index contributed by atoms with van der Waals surface area (Å²) in [7, 11) is 1.33. The number of aliphatic hydroxyl groups excluding tert-OH is 4. The molecular weight excluding hydrogens is 272 g/mol. The van der Waals surface area contributed by atoms with Crippen molar-refractivity contribution in [2.75, 3.05) is 13.7 Å². The SMILES string of the molecule is CN(C(=O)c1ncn[nH]1)[C@@H]1O[C@H](CO)[C@H](O)[C@@H](O)[C@@H]1O. The van der Waals surface area contributed by atoms with Gasteiger partial charge in [0, 0.05) is 7.05 Å². The summed E-state index contributed by atoms with van der Waals surface area (Å²) in [6.07, 6.45) is -5.71. The Hall–Kier alpha value is -1.59. The molecule has 20 heavy (non-hydrogen) atoms. The van der Waals surface area contributed by atoms with Crippen molar-refractivity contribution in [2.45, 2.75) is 30.6 Å². The highest BCUT2D eigenvalue weighted by atomic mass is 16.6. The van der Waals surface area contributed by atoms with Gasteiger partial charge < -0.3 is 30.1 Å². The van der Waals surface area contributed by atoms with E-state index >= 15 is 0 Å². The number of nitrogens with zero attached hydrogens (tertiary/aromatic N) is 3. The zero-order valence-electron chi connectivity index (χ0n) is 10.6. The predicted molar refractivity (Wildman–Crippen MR) is 62.2 cm³/mol. The number of aromatic nitrogens is 3. The highest BCUT2D eigenvalue weighted by molar-refractivity contribution is 5.90. The summed E-state index contributed by atoms with van der Waals surface area (Å²) in [4.78, 5) is 16.7. The van der Waals surface area contributed by atoms with Crippen molar-refractivity contribution in [3.05, 3.63) is 12.2 Å². The maximum atomic E-state index is 12.0. The molecule has 1 aromatic heterocycles. The summed E-state index contributed by atoms with van der Waals surface area (Å²) in [5.41, 5.74) is 0. The van der Waals surface area contributed by atoms with Gasteiger partial charge in [0.1, 0.15) is 30.7 Å². The molecule has 1 amide bonds. The summed E-state index contributed by atoms with van der Waals surface area (Å²) < 4.78 is 5.24. The molecule has 2 heterocycles. The van der Waals surface area contributed by atoms with Crippen molar-refractivity contribution in [3.63, 3.8) is 0 Å². The minimum Gasteiger partial charge on any atom is -0.394 e. The van der Waals surface area contributed by atoms with E-state index in [1.54, 1.807) is 0 Å². The van der Waals surface area contributed by atoms with Crippen LogP contribution in [0.25, 0.3) is 0 Å². The molecule has 1 fully saturated rings. The van der Waals surface area contributed by atoms with Crippen molar-refractivity contribution < 1.29 is 30.0 Å². The van der Waals surface area contributed by atoms with Crippen LogP contribution in [0.15, 0.2) is 6.33 Å². The van der Waals surface area contributed by atoms with E-state index in [0.29, 0.717) is 0 Å². The number of aromatic amines is 1. The van der Waals surface area contributed by atoms with E-state index in [-0.39, 0.29) is 5.82 Å². The lowest BCUT2D eigenvalue weighted by Gasteiger charge is -2.43. The lowest BCUT2D eigenvalue weighted by Crippen LogP contribution is -2.63. The number of ether oxygens (including phenoxy) is 1. The van der Waals surface area contributed by atoms with Crippen LogP contribution in [-0.2, 0) is 4.74 Å². The first kappa shape index (κ1) is 14.8. The van der Waals surface area contributed by atoms with E-state index in [9.17, 15) is 20.1 Å². The van der Waals surface area contributed by atoms with Gasteiger partial charge in [0.25, 0.3) is 5.91 Å². The van der Waals surface area contributed by atoms with Crippen LogP contribution in [0.1, 0.15) is 10.6 Å². The molecular formula is C10H16N4O6. The summed E-state index contributed by atoms with van der Waals surface area (Å²) in [5.74, 6) is -0.684. The number of aliphatic hydroxyl groups is 4. The van der Waals surface area contributed by atoms with Crippen LogP contribution in [0.4, 0.5) is 0 Å². The van der Waals surface area contributed by atoms with E-state index in [2.05, 4.69) is 15.2 Å². The Morgan fingerprint density at radius 1 is 1.40 bits per heavy atom. The molecule has 10 nitrogen and oxygen atoms in total. The Bertz CT molecular complexity index is 453. The number of rotatable bonds is 3. The van der Waals surface area contributed by atoms with Gasteiger partial charge in [-0.3, -0.25) is 9.89 Å². The molecule has 5 N–H and O–H groups in total. The molecule has 112 valence electrons. The van der Waals surface area contributed by atoms with E-state index in [1.807, 2.05) is 0 Å². The Morgan fingerprint density at radius 3 is 2.65 bits per heavy atom. The standard InChI is InChI=1S/C10H16N4O6/c1-14(9(19)8-11-3-12-13-8)10-7(18)6(17)5(16)4(2-15)20-10/h3-7,10,15-18H,2H2,1H3,(H,11,12,13)/t4-,5+,6-,7+,10-/m1/s1. The predicted octanol–water partition coefficient (Wildman–Crippen LogP) is -3.32. The monoisotopic (exact) mass is 288 g/mol. The summed E-state index contributed by atoms with van der Waals surface area (Å²) in [6, 6.07) is 0. The van der Waals surface area contributed by atoms with Gasteiger partial charge in [0.2, 0.25) is 5.82 Å². The van der Waals surface area contributed by atoms with Crippen LogP contribution in [-0.4, -0.2) is 90.7 Å². The lowest BCUT2D eigenvalue weighted by molar-refractivity contribution is -0.254. The van der Waals surface area contributed by atoms with E-state index < -0.39 is 43.2 Å². The molecule has 0 aliphatic carbocycles. The lowest BCUT2D eigenvalue weighted by atomic mass is 9.98. The van der Waals surface area contributed by atoms with Crippen LogP contribution < -0.4 is 0 Å².